The summed E-state index contributed by atoms with van der Waals surface area (Å²) in [6.45, 7) is 0. The highest BCUT2D eigenvalue weighted by atomic mass is 35.5. The molecule has 1 fully saturated rings. The van der Waals surface area contributed by atoms with E-state index in [2.05, 4.69) is 20.9 Å². The van der Waals surface area contributed by atoms with Gasteiger partial charge in [0.15, 0.2) is 0 Å². The van der Waals surface area contributed by atoms with E-state index in [0.29, 0.717) is 5.02 Å². The Balaban J connectivity index is 1.91. The first kappa shape index (κ1) is 13.3. The molecule has 0 bridgehead atoms. The predicted octanol–water partition coefficient (Wildman–Crippen LogP) is 0.662. The van der Waals surface area contributed by atoms with Gasteiger partial charge in [-0.3, -0.25) is 20.2 Å². The second-order valence-electron chi connectivity index (χ2n) is 3.96. The third-order valence-corrected chi connectivity index (χ3v) is 2.74. The lowest BCUT2D eigenvalue weighted by Crippen LogP contribution is -2.53. The molecule has 0 aromatic carbocycles. The van der Waals surface area contributed by atoms with Crippen LogP contribution in [0.1, 0.15) is 12.8 Å². The number of rotatable bonds is 2. The molecule has 3 N–H and O–H groups in total. The Morgan fingerprint density at radius 2 is 2.26 bits per heavy atom. The maximum absolute atomic E-state index is 11.6. The number of hydrogen-bond acceptors (Lipinski definition) is 4. The van der Waals surface area contributed by atoms with Crippen LogP contribution in [0.3, 0.4) is 0 Å². The lowest BCUT2D eigenvalue weighted by Gasteiger charge is -2.21. The fourth-order valence-electron chi connectivity index (χ4n) is 1.62. The Kier molecular flexibility index (Phi) is 3.96. The number of halogens is 1. The topological polar surface area (TPSA) is 100 Å². The fraction of sp³-hybridized carbons (Fsp3) is 0.273. The van der Waals surface area contributed by atoms with Crippen LogP contribution in [-0.4, -0.2) is 28.9 Å². The van der Waals surface area contributed by atoms with Gasteiger partial charge in [-0.25, -0.2) is 9.78 Å². The minimum Gasteiger partial charge on any atom is -0.326 e. The number of piperidine rings is 1. The number of imide groups is 1. The normalized spacial score (nSPS) is 18.7. The summed E-state index contributed by atoms with van der Waals surface area (Å²) in [5, 5.41) is 7.50. The standard InChI is InChI=1S/C11H11ClN4O3/c12-6-3-4-13-8(5-6)15-11(19)14-7-1-2-9(17)16-10(7)18/h3-5,7H,1-2H2,(H,16,17,18)(H2,13,14,15,19). The molecule has 19 heavy (non-hydrogen) atoms. The Morgan fingerprint density at radius 1 is 1.47 bits per heavy atom. The Morgan fingerprint density at radius 3 is 2.95 bits per heavy atom. The number of carbonyl (C=O) groups excluding carboxylic acids is 3. The van der Waals surface area contributed by atoms with E-state index in [-0.39, 0.29) is 24.6 Å². The van der Waals surface area contributed by atoms with Gasteiger partial charge >= 0.3 is 6.03 Å². The zero-order chi connectivity index (χ0) is 13.8. The molecule has 1 atom stereocenters. The molecule has 0 radical (unpaired) electrons. The van der Waals surface area contributed by atoms with E-state index in [9.17, 15) is 14.4 Å². The van der Waals surface area contributed by atoms with Gasteiger partial charge in [-0.2, -0.15) is 0 Å². The van der Waals surface area contributed by atoms with Crippen molar-refractivity contribution in [1.82, 2.24) is 15.6 Å². The molecule has 0 aliphatic carbocycles. The molecule has 0 spiro atoms. The highest BCUT2D eigenvalue weighted by Gasteiger charge is 2.27. The van der Waals surface area contributed by atoms with Gasteiger partial charge in [-0.1, -0.05) is 11.6 Å². The number of aromatic nitrogens is 1. The number of nitrogens with one attached hydrogen (secondary N) is 3. The first-order valence-electron chi connectivity index (χ1n) is 5.57. The molecule has 1 aromatic rings. The average molecular weight is 283 g/mol. The number of pyridine rings is 1. The zero-order valence-electron chi connectivity index (χ0n) is 9.77. The summed E-state index contributed by atoms with van der Waals surface area (Å²) in [5.74, 6) is -0.567. The summed E-state index contributed by atoms with van der Waals surface area (Å²) in [6.07, 6.45) is 1.93. The van der Waals surface area contributed by atoms with Crippen molar-refractivity contribution in [1.29, 1.82) is 0 Å². The summed E-state index contributed by atoms with van der Waals surface area (Å²) in [5.41, 5.74) is 0. The average Bonchev–Trinajstić information content (AvgIpc) is 2.33. The van der Waals surface area contributed by atoms with E-state index < -0.39 is 18.0 Å². The van der Waals surface area contributed by atoms with Gasteiger partial charge in [0.05, 0.1) is 0 Å². The maximum Gasteiger partial charge on any atom is 0.321 e. The first-order chi connectivity index (χ1) is 9.04. The minimum atomic E-state index is -0.725. The highest BCUT2D eigenvalue weighted by molar-refractivity contribution is 6.30. The summed E-state index contributed by atoms with van der Waals surface area (Å²) >= 11 is 5.75. The van der Waals surface area contributed by atoms with Crippen molar-refractivity contribution in [3.8, 4) is 0 Å². The molecule has 1 unspecified atom stereocenters. The zero-order valence-corrected chi connectivity index (χ0v) is 10.5. The number of urea groups is 1. The molecule has 8 heteroatoms. The number of amides is 4. The minimum absolute atomic E-state index is 0.200. The largest absolute Gasteiger partial charge is 0.326 e. The molecule has 1 aliphatic rings. The number of nitrogens with zero attached hydrogens (tertiary/aromatic N) is 1. The van der Waals surface area contributed by atoms with Crippen molar-refractivity contribution in [2.24, 2.45) is 0 Å². The van der Waals surface area contributed by atoms with Crippen molar-refractivity contribution in [3.63, 3.8) is 0 Å². The van der Waals surface area contributed by atoms with Crippen molar-refractivity contribution < 1.29 is 14.4 Å². The van der Waals surface area contributed by atoms with E-state index in [4.69, 9.17) is 11.6 Å². The van der Waals surface area contributed by atoms with Crippen LogP contribution >= 0.6 is 11.6 Å². The lowest BCUT2D eigenvalue weighted by molar-refractivity contribution is -0.134. The van der Waals surface area contributed by atoms with Crippen LogP contribution < -0.4 is 16.0 Å². The number of anilines is 1. The Hall–Kier alpha value is -2.15. The van der Waals surface area contributed by atoms with E-state index in [0.717, 1.165) is 0 Å². The molecule has 1 aliphatic heterocycles. The fourth-order valence-corrected chi connectivity index (χ4v) is 1.77. The van der Waals surface area contributed by atoms with Crippen LogP contribution in [0.15, 0.2) is 18.3 Å². The van der Waals surface area contributed by atoms with Gasteiger partial charge in [-0.15, -0.1) is 0 Å². The van der Waals surface area contributed by atoms with Crippen LogP contribution in [0.4, 0.5) is 10.6 Å². The summed E-state index contributed by atoms with van der Waals surface area (Å²) in [7, 11) is 0. The summed E-state index contributed by atoms with van der Waals surface area (Å²) < 4.78 is 0. The van der Waals surface area contributed by atoms with Crippen LogP contribution in [0, 0.1) is 0 Å². The summed E-state index contributed by atoms with van der Waals surface area (Å²) in [6, 6.07) is 1.75. The molecule has 4 amide bonds. The van der Waals surface area contributed by atoms with E-state index in [1.807, 2.05) is 0 Å². The molecular formula is C11H11ClN4O3. The van der Waals surface area contributed by atoms with Gasteiger partial charge in [0.25, 0.3) is 0 Å². The van der Waals surface area contributed by atoms with E-state index in [1.54, 1.807) is 6.07 Å². The third kappa shape index (κ3) is 3.65. The highest BCUT2D eigenvalue weighted by Crippen LogP contribution is 2.11. The lowest BCUT2D eigenvalue weighted by atomic mass is 10.1. The van der Waals surface area contributed by atoms with Gasteiger partial charge in [-0.05, 0) is 18.6 Å². The van der Waals surface area contributed by atoms with Gasteiger partial charge in [0.2, 0.25) is 11.8 Å². The third-order valence-electron chi connectivity index (χ3n) is 2.51. The van der Waals surface area contributed by atoms with Gasteiger partial charge in [0, 0.05) is 17.6 Å². The number of hydrogen-bond donors (Lipinski definition) is 3. The first-order valence-corrected chi connectivity index (χ1v) is 5.95. The second-order valence-corrected chi connectivity index (χ2v) is 4.40. The molecule has 7 nitrogen and oxygen atoms in total. The number of carbonyl (C=O) groups is 3. The van der Waals surface area contributed by atoms with Crippen molar-refractivity contribution in [2.75, 3.05) is 5.32 Å². The quantitative estimate of drug-likeness (QED) is 0.694. The van der Waals surface area contributed by atoms with Crippen LogP contribution in [0.2, 0.25) is 5.02 Å². The molecule has 1 aromatic heterocycles. The monoisotopic (exact) mass is 282 g/mol. The predicted molar refractivity (Wildman–Crippen MR) is 67.6 cm³/mol. The molecule has 1 saturated heterocycles. The van der Waals surface area contributed by atoms with Crippen LogP contribution in [-0.2, 0) is 9.59 Å². The smallest absolute Gasteiger partial charge is 0.321 e. The van der Waals surface area contributed by atoms with E-state index in [1.165, 1.54) is 12.3 Å². The Bertz CT molecular complexity index is 534. The van der Waals surface area contributed by atoms with Crippen molar-refractivity contribution >= 4 is 35.3 Å². The second kappa shape index (κ2) is 5.66. The SMILES string of the molecule is O=C1CCC(NC(=O)Nc2cc(Cl)ccn2)C(=O)N1. The van der Waals surface area contributed by atoms with Gasteiger partial charge in [0.1, 0.15) is 11.9 Å². The molecule has 0 saturated carbocycles. The van der Waals surface area contributed by atoms with Crippen LogP contribution in [0.25, 0.3) is 0 Å². The summed E-state index contributed by atoms with van der Waals surface area (Å²) in [4.78, 5) is 37.9. The Labute approximate surface area is 113 Å². The molecular weight excluding hydrogens is 272 g/mol. The van der Waals surface area contributed by atoms with Crippen molar-refractivity contribution in [2.45, 2.75) is 18.9 Å². The van der Waals surface area contributed by atoms with Gasteiger partial charge < -0.3 is 5.32 Å². The molecule has 2 rings (SSSR count). The van der Waals surface area contributed by atoms with Crippen LogP contribution in [0.5, 0.6) is 0 Å². The maximum atomic E-state index is 11.6. The van der Waals surface area contributed by atoms with Crippen molar-refractivity contribution in [3.05, 3.63) is 23.4 Å². The molecule has 100 valence electrons. The molecule has 2 heterocycles. The van der Waals surface area contributed by atoms with E-state index >= 15 is 0 Å².